The Morgan fingerprint density at radius 1 is 1.12 bits per heavy atom. The topological polar surface area (TPSA) is 41.3 Å². The molecule has 5 rings (SSSR count). The number of aliphatic hydroxyl groups is 1. The van der Waals surface area contributed by atoms with Crippen LogP contribution >= 0.6 is 0 Å². The average molecular weight is 432 g/mol. The predicted molar refractivity (Wildman–Crippen MR) is 131 cm³/mol. The van der Waals surface area contributed by atoms with E-state index in [-0.39, 0.29) is 11.5 Å². The van der Waals surface area contributed by atoms with Gasteiger partial charge in [-0.15, -0.1) is 0 Å². The van der Waals surface area contributed by atoms with Crippen molar-refractivity contribution in [1.82, 2.24) is 14.7 Å². The van der Waals surface area contributed by atoms with Crippen molar-refractivity contribution in [3.05, 3.63) is 65.4 Å². The molecule has 2 aromatic carbocycles. The van der Waals surface area contributed by atoms with Gasteiger partial charge in [0.15, 0.2) is 0 Å². The number of benzene rings is 2. The SMILES string of the molecule is CCc1nn(C2CCCC2)c2cc([C@@H]3CN(Cc4ccccc4)C[C@@]3(C)[C@@H](C)O)ccc12. The molecule has 1 aliphatic carbocycles. The van der Waals surface area contributed by atoms with E-state index in [4.69, 9.17) is 5.10 Å². The van der Waals surface area contributed by atoms with Gasteiger partial charge in [0.05, 0.1) is 23.4 Å². The minimum atomic E-state index is -0.366. The van der Waals surface area contributed by atoms with E-state index in [9.17, 15) is 5.11 Å². The number of rotatable bonds is 6. The minimum absolute atomic E-state index is 0.172. The molecule has 2 aliphatic rings. The van der Waals surface area contributed by atoms with Gasteiger partial charge >= 0.3 is 0 Å². The molecule has 1 saturated heterocycles. The second kappa shape index (κ2) is 8.64. The number of hydrogen-bond acceptors (Lipinski definition) is 3. The Balaban J connectivity index is 1.51. The van der Waals surface area contributed by atoms with E-state index in [1.54, 1.807) is 0 Å². The van der Waals surface area contributed by atoms with Crippen LogP contribution in [-0.2, 0) is 13.0 Å². The Kier molecular flexibility index (Phi) is 5.85. The summed E-state index contributed by atoms with van der Waals surface area (Å²) in [6, 6.07) is 18.2. The quantitative estimate of drug-likeness (QED) is 0.544. The Hall–Kier alpha value is -2.17. The molecule has 4 nitrogen and oxygen atoms in total. The van der Waals surface area contributed by atoms with E-state index in [0.29, 0.717) is 12.0 Å². The zero-order chi connectivity index (χ0) is 22.3. The van der Waals surface area contributed by atoms with Crippen LogP contribution in [0.25, 0.3) is 10.9 Å². The average Bonchev–Trinajstić information content (AvgIpc) is 3.52. The van der Waals surface area contributed by atoms with E-state index in [2.05, 4.69) is 72.0 Å². The summed E-state index contributed by atoms with van der Waals surface area (Å²) in [4.78, 5) is 2.52. The highest BCUT2D eigenvalue weighted by atomic mass is 16.3. The first-order chi connectivity index (χ1) is 15.5. The standard InChI is InChI=1S/C28H37N3O/c1-4-26-24-15-14-22(16-27(24)31(29-26)23-12-8-9-13-23)25-18-30(19-28(25,3)20(2)32)17-21-10-6-5-7-11-21/h5-7,10-11,14-16,20,23,25,32H,4,8-9,12-13,17-19H2,1-3H3/t20-,25+,28+/m1/s1. The van der Waals surface area contributed by atoms with Gasteiger partial charge in [-0.1, -0.05) is 69.2 Å². The van der Waals surface area contributed by atoms with Crippen molar-refractivity contribution in [2.24, 2.45) is 5.41 Å². The van der Waals surface area contributed by atoms with E-state index >= 15 is 0 Å². The molecule has 0 bridgehead atoms. The second-order valence-corrected chi connectivity index (χ2v) is 10.3. The van der Waals surface area contributed by atoms with Crippen LogP contribution in [0.3, 0.4) is 0 Å². The van der Waals surface area contributed by atoms with Crippen molar-refractivity contribution in [3.63, 3.8) is 0 Å². The zero-order valence-electron chi connectivity index (χ0n) is 19.8. The minimum Gasteiger partial charge on any atom is -0.393 e. The van der Waals surface area contributed by atoms with Crippen LogP contribution in [0, 0.1) is 5.41 Å². The van der Waals surface area contributed by atoms with E-state index < -0.39 is 0 Å². The smallest absolute Gasteiger partial charge is 0.0700 e. The number of nitrogens with zero attached hydrogens (tertiary/aromatic N) is 3. The van der Waals surface area contributed by atoms with Gasteiger partial charge in [-0.05, 0) is 43.4 Å². The van der Waals surface area contributed by atoms with Crippen LogP contribution in [-0.4, -0.2) is 39.0 Å². The normalized spacial score (nSPS) is 25.7. The molecule has 4 heteroatoms. The Morgan fingerprint density at radius 3 is 2.56 bits per heavy atom. The molecule has 1 N–H and O–H groups in total. The lowest BCUT2D eigenvalue weighted by atomic mass is 9.72. The fourth-order valence-electron chi connectivity index (χ4n) is 6.12. The first-order valence-electron chi connectivity index (χ1n) is 12.4. The summed E-state index contributed by atoms with van der Waals surface area (Å²) in [5.41, 5.74) is 5.02. The molecule has 2 fully saturated rings. The molecule has 1 aliphatic heterocycles. The van der Waals surface area contributed by atoms with Crippen molar-refractivity contribution in [1.29, 1.82) is 0 Å². The van der Waals surface area contributed by atoms with Gasteiger partial charge in [0, 0.05) is 36.4 Å². The van der Waals surface area contributed by atoms with Crippen molar-refractivity contribution in [2.45, 2.75) is 77.5 Å². The summed E-state index contributed by atoms with van der Waals surface area (Å²) in [7, 11) is 0. The molecule has 170 valence electrons. The molecule has 2 heterocycles. The monoisotopic (exact) mass is 431 g/mol. The fraction of sp³-hybridized carbons (Fsp3) is 0.536. The zero-order valence-corrected chi connectivity index (χ0v) is 19.8. The van der Waals surface area contributed by atoms with Crippen molar-refractivity contribution < 1.29 is 5.11 Å². The number of hydrogen-bond donors (Lipinski definition) is 1. The van der Waals surface area contributed by atoms with Crippen LogP contribution in [0.15, 0.2) is 48.5 Å². The summed E-state index contributed by atoms with van der Waals surface area (Å²) >= 11 is 0. The molecule has 3 aromatic rings. The van der Waals surface area contributed by atoms with Crippen LogP contribution in [0.5, 0.6) is 0 Å². The second-order valence-electron chi connectivity index (χ2n) is 10.3. The molecule has 1 saturated carbocycles. The van der Waals surface area contributed by atoms with Crippen LogP contribution in [0.4, 0.5) is 0 Å². The number of aliphatic hydroxyl groups excluding tert-OH is 1. The van der Waals surface area contributed by atoms with Gasteiger partial charge in [0.1, 0.15) is 0 Å². The number of aromatic nitrogens is 2. The molecule has 0 radical (unpaired) electrons. The Bertz CT molecular complexity index is 1070. The Labute approximate surface area is 192 Å². The molecule has 32 heavy (non-hydrogen) atoms. The van der Waals surface area contributed by atoms with Gasteiger partial charge in [-0.25, -0.2) is 0 Å². The maximum atomic E-state index is 10.9. The fourth-order valence-corrected chi connectivity index (χ4v) is 6.12. The van der Waals surface area contributed by atoms with E-state index in [0.717, 1.165) is 26.1 Å². The highest BCUT2D eigenvalue weighted by Crippen LogP contribution is 2.46. The summed E-state index contributed by atoms with van der Waals surface area (Å²) in [5, 5.41) is 17.2. The molecular formula is C28H37N3O. The highest BCUT2D eigenvalue weighted by Gasteiger charge is 2.46. The van der Waals surface area contributed by atoms with Gasteiger partial charge < -0.3 is 5.11 Å². The summed E-state index contributed by atoms with van der Waals surface area (Å²) in [5.74, 6) is 0.299. The predicted octanol–water partition coefficient (Wildman–Crippen LogP) is 5.70. The lowest BCUT2D eigenvalue weighted by Gasteiger charge is -2.34. The maximum absolute atomic E-state index is 10.9. The lowest BCUT2D eigenvalue weighted by Crippen LogP contribution is -2.37. The third-order valence-corrected chi connectivity index (χ3v) is 8.22. The first kappa shape index (κ1) is 21.7. The number of likely N-dealkylation sites (tertiary alicyclic amines) is 1. The molecule has 1 aromatic heterocycles. The Morgan fingerprint density at radius 2 is 1.88 bits per heavy atom. The van der Waals surface area contributed by atoms with Gasteiger partial charge in [-0.2, -0.15) is 5.10 Å². The molecular weight excluding hydrogens is 394 g/mol. The van der Waals surface area contributed by atoms with E-state index in [1.807, 2.05) is 6.92 Å². The summed E-state index contributed by atoms with van der Waals surface area (Å²) < 4.78 is 2.33. The summed E-state index contributed by atoms with van der Waals surface area (Å²) in [6.07, 6.45) is 5.70. The molecule has 0 amide bonds. The van der Waals surface area contributed by atoms with Crippen molar-refractivity contribution >= 4 is 10.9 Å². The van der Waals surface area contributed by atoms with Gasteiger partial charge in [0.2, 0.25) is 0 Å². The summed E-state index contributed by atoms with van der Waals surface area (Å²) in [6.45, 7) is 9.25. The highest BCUT2D eigenvalue weighted by molar-refractivity contribution is 5.83. The van der Waals surface area contributed by atoms with E-state index in [1.165, 1.54) is 53.4 Å². The third kappa shape index (κ3) is 3.78. The molecule has 3 atom stereocenters. The number of fused-ring (bicyclic) bond motifs is 1. The lowest BCUT2D eigenvalue weighted by molar-refractivity contribution is 0.0475. The van der Waals surface area contributed by atoms with Crippen LogP contribution in [0.2, 0.25) is 0 Å². The molecule has 0 unspecified atom stereocenters. The largest absolute Gasteiger partial charge is 0.393 e. The van der Waals surface area contributed by atoms with Crippen LogP contribution in [0.1, 0.15) is 75.2 Å². The van der Waals surface area contributed by atoms with Gasteiger partial charge in [-0.3, -0.25) is 9.58 Å². The molecule has 0 spiro atoms. The van der Waals surface area contributed by atoms with Crippen LogP contribution < -0.4 is 0 Å². The van der Waals surface area contributed by atoms with Crippen molar-refractivity contribution in [2.75, 3.05) is 13.1 Å². The number of aryl methyl sites for hydroxylation is 1. The van der Waals surface area contributed by atoms with Crippen molar-refractivity contribution in [3.8, 4) is 0 Å². The maximum Gasteiger partial charge on any atom is 0.0700 e. The first-order valence-corrected chi connectivity index (χ1v) is 12.4. The van der Waals surface area contributed by atoms with Gasteiger partial charge in [0.25, 0.3) is 0 Å². The third-order valence-electron chi connectivity index (χ3n) is 8.22.